The van der Waals surface area contributed by atoms with Crippen LogP contribution in [0.5, 0.6) is 0 Å². The van der Waals surface area contributed by atoms with Gasteiger partial charge < -0.3 is 10.5 Å². The van der Waals surface area contributed by atoms with Gasteiger partial charge in [-0.1, -0.05) is 0 Å². The highest BCUT2D eigenvalue weighted by Crippen LogP contribution is 2.09. The molecule has 5 heteroatoms. The molecule has 0 spiro atoms. The summed E-state index contributed by atoms with van der Waals surface area (Å²) in [5, 5.41) is 4.18. The lowest BCUT2D eigenvalue weighted by Gasteiger charge is -2.17. The topological polar surface area (TPSA) is 70.1 Å². The van der Waals surface area contributed by atoms with Crippen LogP contribution in [0.1, 0.15) is 18.7 Å². The number of hydrogen-bond acceptors (Lipinski definition) is 4. The van der Waals surface area contributed by atoms with E-state index in [0.717, 1.165) is 5.69 Å². The normalized spacial score (nSPS) is 14.9. The van der Waals surface area contributed by atoms with Gasteiger partial charge in [-0.05, 0) is 19.9 Å². The molecule has 0 radical (unpaired) electrons. The molecule has 2 unspecified atom stereocenters. The maximum absolute atomic E-state index is 11.1. The molecular weight excluding hydrogens is 182 g/mol. The summed E-state index contributed by atoms with van der Waals surface area (Å²) in [6.45, 7) is 3.71. The Labute approximate surface area is 82.8 Å². The number of nitrogens with two attached hydrogens (primary N) is 1. The minimum atomic E-state index is -0.681. The minimum absolute atomic E-state index is 0.198. The molecule has 0 aromatic carbocycles. The van der Waals surface area contributed by atoms with Crippen molar-refractivity contribution in [3.05, 3.63) is 18.0 Å². The highest BCUT2D eigenvalue weighted by Gasteiger charge is 2.23. The zero-order valence-electron chi connectivity index (χ0n) is 8.60. The zero-order valence-corrected chi connectivity index (χ0v) is 8.60. The van der Waals surface area contributed by atoms with Crippen LogP contribution in [0, 0.1) is 6.92 Å². The summed E-state index contributed by atoms with van der Waals surface area (Å²) < 4.78 is 6.22. The van der Waals surface area contributed by atoms with E-state index in [4.69, 9.17) is 5.73 Å². The molecule has 0 bridgehead atoms. The van der Waals surface area contributed by atoms with E-state index in [1.54, 1.807) is 10.9 Å². The molecule has 0 saturated heterocycles. The molecule has 0 aliphatic heterocycles. The molecule has 1 heterocycles. The van der Waals surface area contributed by atoms with Crippen molar-refractivity contribution >= 4 is 5.97 Å². The van der Waals surface area contributed by atoms with Gasteiger partial charge in [-0.15, -0.1) is 0 Å². The number of aromatic nitrogens is 2. The molecule has 0 aliphatic carbocycles. The quantitative estimate of drug-likeness (QED) is 0.705. The summed E-state index contributed by atoms with van der Waals surface area (Å²) in [7, 11) is 1.32. The highest BCUT2D eigenvalue weighted by atomic mass is 16.5. The Bertz CT molecular complexity index is 322. The third kappa shape index (κ3) is 2.11. The summed E-state index contributed by atoms with van der Waals surface area (Å²) in [5.74, 6) is -0.425. The van der Waals surface area contributed by atoms with Gasteiger partial charge in [-0.2, -0.15) is 5.10 Å². The van der Waals surface area contributed by atoms with Gasteiger partial charge in [0.15, 0.2) is 0 Å². The monoisotopic (exact) mass is 197 g/mol. The van der Waals surface area contributed by atoms with Crippen molar-refractivity contribution in [1.82, 2.24) is 9.78 Å². The molecule has 1 aromatic heterocycles. The van der Waals surface area contributed by atoms with Crippen LogP contribution in [0.3, 0.4) is 0 Å². The maximum atomic E-state index is 11.1. The Hall–Kier alpha value is -1.36. The SMILES string of the molecule is COC(=O)C(N)C(C)n1ccc(C)n1. The molecule has 0 fully saturated rings. The fraction of sp³-hybridized carbons (Fsp3) is 0.556. The number of rotatable bonds is 3. The molecule has 0 aliphatic rings. The van der Waals surface area contributed by atoms with Gasteiger partial charge >= 0.3 is 5.97 Å². The zero-order chi connectivity index (χ0) is 10.7. The van der Waals surface area contributed by atoms with Gasteiger partial charge in [0, 0.05) is 6.20 Å². The Morgan fingerprint density at radius 2 is 2.36 bits per heavy atom. The number of carbonyl (C=O) groups is 1. The second-order valence-electron chi connectivity index (χ2n) is 3.23. The van der Waals surface area contributed by atoms with Crippen LogP contribution in [-0.2, 0) is 9.53 Å². The van der Waals surface area contributed by atoms with Crippen molar-refractivity contribution in [2.45, 2.75) is 25.9 Å². The predicted molar refractivity (Wildman–Crippen MR) is 51.7 cm³/mol. The van der Waals surface area contributed by atoms with E-state index >= 15 is 0 Å². The average Bonchev–Trinajstić information content (AvgIpc) is 2.61. The maximum Gasteiger partial charge on any atom is 0.324 e. The van der Waals surface area contributed by atoms with Gasteiger partial charge in [0.1, 0.15) is 6.04 Å². The molecule has 0 saturated carbocycles. The fourth-order valence-corrected chi connectivity index (χ4v) is 1.16. The second-order valence-corrected chi connectivity index (χ2v) is 3.23. The van der Waals surface area contributed by atoms with Crippen LogP contribution < -0.4 is 5.73 Å². The summed E-state index contributed by atoms with van der Waals surface area (Å²) in [6, 6.07) is 0.982. The van der Waals surface area contributed by atoms with Crippen LogP contribution >= 0.6 is 0 Å². The summed E-state index contributed by atoms with van der Waals surface area (Å²) in [5.41, 5.74) is 6.57. The smallest absolute Gasteiger partial charge is 0.324 e. The minimum Gasteiger partial charge on any atom is -0.468 e. The molecular formula is C9H15N3O2. The van der Waals surface area contributed by atoms with Crippen LogP contribution in [0.15, 0.2) is 12.3 Å². The van der Waals surface area contributed by atoms with Gasteiger partial charge in [-0.3, -0.25) is 9.48 Å². The Morgan fingerprint density at radius 1 is 1.71 bits per heavy atom. The number of carbonyl (C=O) groups excluding carboxylic acids is 1. The first-order valence-electron chi connectivity index (χ1n) is 4.41. The summed E-state index contributed by atoms with van der Waals surface area (Å²) in [4.78, 5) is 11.1. The Kier molecular flexibility index (Phi) is 3.24. The third-order valence-corrected chi connectivity index (χ3v) is 2.15. The highest BCUT2D eigenvalue weighted by molar-refractivity contribution is 5.75. The van der Waals surface area contributed by atoms with E-state index in [9.17, 15) is 4.79 Å². The van der Waals surface area contributed by atoms with Crippen molar-refractivity contribution in [3.63, 3.8) is 0 Å². The predicted octanol–water partition coefficient (Wildman–Crippen LogP) is 0.253. The number of nitrogens with zero attached hydrogens (tertiary/aromatic N) is 2. The molecule has 78 valence electrons. The first-order chi connectivity index (χ1) is 6.56. The number of aryl methyl sites for hydroxylation is 1. The second kappa shape index (κ2) is 4.23. The Balaban J connectivity index is 2.74. The summed E-state index contributed by atoms with van der Waals surface area (Å²) >= 11 is 0. The van der Waals surface area contributed by atoms with E-state index < -0.39 is 12.0 Å². The standard InChI is InChI=1S/C9H15N3O2/c1-6-4-5-12(11-6)7(2)8(10)9(13)14-3/h4-5,7-8H,10H2,1-3H3. The molecule has 2 atom stereocenters. The van der Waals surface area contributed by atoms with Gasteiger partial charge in [0.25, 0.3) is 0 Å². The lowest BCUT2D eigenvalue weighted by atomic mass is 10.1. The van der Waals surface area contributed by atoms with Crippen LogP contribution in [-0.4, -0.2) is 28.9 Å². The van der Waals surface area contributed by atoms with Gasteiger partial charge in [0.05, 0.1) is 18.8 Å². The lowest BCUT2D eigenvalue weighted by molar-refractivity contribution is -0.143. The first-order valence-corrected chi connectivity index (χ1v) is 4.41. The fourth-order valence-electron chi connectivity index (χ4n) is 1.16. The summed E-state index contributed by atoms with van der Waals surface area (Å²) in [6.07, 6.45) is 1.79. The van der Waals surface area contributed by atoms with Gasteiger partial charge in [-0.25, -0.2) is 0 Å². The molecule has 0 amide bonds. The lowest BCUT2D eigenvalue weighted by Crippen LogP contribution is -2.39. The van der Waals surface area contributed by atoms with Crippen LogP contribution in [0.25, 0.3) is 0 Å². The first kappa shape index (κ1) is 10.7. The molecule has 1 rings (SSSR count). The van der Waals surface area contributed by atoms with E-state index in [2.05, 4.69) is 9.84 Å². The molecule has 1 aromatic rings. The average molecular weight is 197 g/mol. The van der Waals surface area contributed by atoms with E-state index in [1.165, 1.54) is 7.11 Å². The van der Waals surface area contributed by atoms with E-state index in [1.807, 2.05) is 19.9 Å². The van der Waals surface area contributed by atoms with Crippen molar-refractivity contribution < 1.29 is 9.53 Å². The third-order valence-electron chi connectivity index (χ3n) is 2.15. The van der Waals surface area contributed by atoms with Crippen molar-refractivity contribution in [1.29, 1.82) is 0 Å². The van der Waals surface area contributed by atoms with Crippen molar-refractivity contribution in [3.8, 4) is 0 Å². The number of hydrogen-bond donors (Lipinski definition) is 1. The number of ether oxygens (including phenoxy) is 1. The van der Waals surface area contributed by atoms with Gasteiger partial charge in [0.2, 0.25) is 0 Å². The van der Waals surface area contributed by atoms with Crippen molar-refractivity contribution in [2.24, 2.45) is 5.73 Å². The molecule has 2 N–H and O–H groups in total. The number of esters is 1. The van der Waals surface area contributed by atoms with E-state index in [0.29, 0.717) is 0 Å². The van der Waals surface area contributed by atoms with Crippen molar-refractivity contribution in [2.75, 3.05) is 7.11 Å². The largest absolute Gasteiger partial charge is 0.468 e. The molecule has 5 nitrogen and oxygen atoms in total. The number of methoxy groups -OCH3 is 1. The molecule has 14 heavy (non-hydrogen) atoms. The van der Waals surface area contributed by atoms with Crippen LogP contribution in [0.4, 0.5) is 0 Å². The van der Waals surface area contributed by atoms with E-state index in [-0.39, 0.29) is 6.04 Å². The van der Waals surface area contributed by atoms with Crippen LogP contribution in [0.2, 0.25) is 0 Å². The Morgan fingerprint density at radius 3 is 2.79 bits per heavy atom.